The lowest BCUT2D eigenvalue weighted by Gasteiger charge is -2.39. The Morgan fingerprint density at radius 1 is 1.32 bits per heavy atom. The van der Waals surface area contributed by atoms with E-state index in [0.29, 0.717) is 10.3 Å². The Kier molecular flexibility index (Phi) is 3.27. The van der Waals surface area contributed by atoms with Gasteiger partial charge in [0.05, 0.1) is 15.1 Å². The highest BCUT2D eigenvalue weighted by Gasteiger charge is 2.37. The molecule has 22 heavy (non-hydrogen) atoms. The smallest absolute Gasteiger partial charge is 0.258 e. The van der Waals surface area contributed by atoms with Crippen LogP contribution in [0.1, 0.15) is 28.9 Å². The Labute approximate surface area is 132 Å². The van der Waals surface area contributed by atoms with Crippen LogP contribution in [-0.4, -0.2) is 42.1 Å². The molecule has 2 fully saturated rings. The van der Waals surface area contributed by atoms with Crippen molar-refractivity contribution in [1.29, 1.82) is 0 Å². The van der Waals surface area contributed by atoms with Crippen LogP contribution in [0.3, 0.4) is 0 Å². The summed E-state index contributed by atoms with van der Waals surface area (Å²) in [7, 11) is 0. The maximum absolute atomic E-state index is 11.4. The molecule has 116 valence electrons. The number of aromatic nitrogens is 2. The van der Waals surface area contributed by atoms with Crippen LogP contribution in [0.25, 0.3) is 10.2 Å². The van der Waals surface area contributed by atoms with Crippen molar-refractivity contribution in [2.45, 2.75) is 19.3 Å². The topological polar surface area (TPSA) is 84.1 Å². The number of nitrogens with one attached hydrogen (secondary N) is 1. The highest BCUT2D eigenvalue weighted by atomic mass is 32.1. The summed E-state index contributed by atoms with van der Waals surface area (Å²) in [5, 5.41) is 3.49. The second-order valence-electron chi connectivity index (χ2n) is 6.30. The summed E-state index contributed by atoms with van der Waals surface area (Å²) in [5.74, 6) is 0.548. The molecule has 0 unspecified atom stereocenters. The number of carbonyl (C=O) groups is 1. The number of thiophene rings is 1. The van der Waals surface area contributed by atoms with E-state index in [1.807, 2.05) is 0 Å². The summed E-state index contributed by atoms with van der Waals surface area (Å²) in [4.78, 5) is 23.0. The molecule has 3 N–H and O–H groups in total. The molecule has 2 aromatic heterocycles. The molecule has 0 saturated carbocycles. The minimum Gasteiger partial charge on any atom is -0.365 e. The number of fused-ring (bicyclic) bond motifs is 1. The predicted octanol–water partition coefficient (Wildman–Crippen LogP) is 1.37. The number of rotatable bonds is 2. The molecule has 0 radical (unpaired) electrons. The first-order valence-electron chi connectivity index (χ1n) is 7.67. The van der Waals surface area contributed by atoms with Gasteiger partial charge in [-0.15, -0.1) is 11.3 Å². The van der Waals surface area contributed by atoms with E-state index >= 15 is 0 Å². The molecular formula is C15H19N5OS. The van der Waals surface area contributed by atoms with Crippen LogP contribution >= 0.6 is 11.3 Å². The standard InChI is InChI=1S/C15H19N5OS/c16-13(21)11-7-10-12(22-11)14(19-9-18-10)20-5-2-15(3-6-20)1-4-17-8-15/h7,9,17H,1-6,8H2,(H2,16,21). The van der Waals surface area contributed by atoms with E-state index in [4.69, 9.17) is 5.73 Å². The lowest BCUT2D eigenvalue weighted by molar-refractivity contribution is 0.100. The van der Waals surface area contributed by atoms with E-state index < -0.39 is 5.91 Å². The Bertz CT molecular complexity index is 712. The Hall–Kier alpha value is -1.73. The van der Waals surface area contributed by atoms with Gasteiger partial charge in [-0.1, -0.05) is 0 Å². The summed E-state index contributed by atoms with van der Waals surface area (Å²) in [6.07, 6.45) is 5.25. The van der Waals surface area contributed by atoms with Gasteiger partial charge in [0, 0.05) is 19.6 Å². The number of carbonyl (C=O) groups excluding carboxylic acids is 1. The zero-order valence-corrected chi connectivity index (χ0v) is 13.2. The molecule has 2 aromatic rings. The maximum atomic E-state index is 11.4. The van der Waals surface area contributed by atoms with Crippen molar-refractivity contribution < 1.29 is 4.79 Å². The van der Waals surface area contributed by atoms with Gasteiger partial charge in [0.15, 0.2) is 0 Å². The Balaban J connectivity index is 1.63. The van der Waals surface area contributed by atoms with Gasteiger partial charge in [0.1, 0.15) is 12.1 Å². The highest BCUT2D eigenvalue weighted by molar-refractivity contribution is 7.21. The minimum absolute atomic E-state index is 0.399. The molecule has 6 nitrogen and oxygen atoms in total. The third-order valence-corrected chi connectivity index (χ3v) is 6.13. The molecule has 0 aliphatic carbocycles. The highest BCUT2D eigenvalue weighted by Crippen LogP contribution is 2.39. The number of nitrogens with two attached hydrogens (primary N) is 1. The van der Waals surface area contributed by atoms with Gasteiger partial charge in [-0.05, 0) is 37.3 Å². The average Bonchev–Trinajstić information content (AvgIpc) is 3.15. The van der Waals surface area contributed by atoms with Crippen LogP contribution in [0.2, 0.25) is 0 Å². The molecule has 1 amide bonds. The summed E-state index contributed by atoms with van der Waals surface area (Å²) < 4.78 is 0.969. The van der Waals surface area contributed by atoms with Gasteiger partial charge >= 0.3 is 0 Å². The summed E-state index contributed by atoms with van der Waals surface area (Å²) >= 11 is 1.40. The zero-order chi connectivity index (χ0) is 15.2. The minimum atomic E-state index is -0.399. The molecule has 2 saturated heterocycles. The van der Waals surface area contributed by atoms with E-state index in [1.54, 1.807) is 12.4 Å². The monoisotopic (exact) mass is 317 g/mol. The van der Waals surface area contributed by atoms with Crippen molar-refractivity contribution in [2.24, 2.45) is 11.1 Å². The van der Waals surface area contributed by atoms with E-state index in [1.165, 1.54) is 30.6 Å². The van der Waals surface area contributed by atoms with Gasteiger partial charge in [-0.3, -0.25) is 4.79 Å². The molecule has 0 atom stereocenters. The van der Waals surface area contributed by atoms with Crippen molar-refractivity contribution in [3.63, 3.8) is 0 Å². The summed E-state index contributed by atoms with van der Waals surface area (Å²) in [5.41, 5.74) is 6.68. The number of nitrogens with zero attached hydrogens (tertiary/aromatic N) is 3. The SMILES string of the molecule is NC(=O)c1cc2ncnc(N3CCC4(CCNC4)CC3)c2s1. The van der Waals surface area contributed by atoms with Crippen molar-refractivity contribution in [2.75, 3.05) is 31.1 Å². The number of hydrogen-bond acceptors (Lipinski definition) is 6. The van der Waals surface area contributed by atoms with E-state index in [2.05, 4.69) is 20.2 Å². The van der Waals surface area contributed by atoms with Crippen LogP contribution in [0, 0.1) is 5.41 Å². The van der Waals surface area contributed by atoms with Crippen LogP contribution in [0.5, 0.6) is 0 Å². The zero-order valence-electron chi connectivity index (χ0n) is 12.3. The maximum Gasteiger partial charge on any atom is 0.258 e. The largest absolute Gasteiger partial charge is 0.365 e. The first-order valence-corrected chi connectivity index (χ1v) is 8.49. The second kappa shape index (κ2) is 5.17. The Morgan fingerprint density at radius 3 is 2.82 bits per heavy atom. The molecule has 7 heteroatoms. The third-order valence-electron chi connectivity index (χ3n) is 4.99. The quantitative estimate of drug-likeness (QED) is 0.874. The fraction of sp³-hybridized carbons (Fsp3) is 0.533. The number of piperidine rings is 1. The van der Waals surface area contributed by atoms with Gasteiger partial charge in [-0.2, -0.15) is 0 Å². The molecule has 0 aromatic carbocycles. The molecule has 4 rings (SSSR count). The number of primary amides is 1. The molecule has 0 bridgehead atoms. The number of amides is 1. The second-order valence-corrected chi connectivity index (χ2v) is 7.35. The van der Waals surface area contributed by atoms with Crippen LogP contribution in [0.4, 0.5) is 5.82 Å². The van der Waals surface area contributed by atoms with Gasteiger partial charge in [0.2, 0.25) is 0 Å². The first-order chi connectivity index (χ1) is 10.7. The average molecular weight is 317 g/mol. The van der Waals surface area contributed by atoms with Gasteiger partial charge < -0.3 is 16.0 Å². The van der Waals surface area contributed by atoms with Gasteiger partial charge in [0.25, 0.3) is 5.91 Å². The normalized spacial score (nSPS) is 20.8. The fourth-order valence-electron chi connectivity index (χ4n) is 3.60. The first kappa shape index (κ1) is 13.9. The summed E-state index contributed by atoms with van der Waals surface area (Å²) in [6.45, 7) is 4.31. The van der Waals surface area contributed by atoms with Crippen LogP contribution in [-0.2, 0) is 0 Å². The van der Waals surface area contributed by atoms with E-state index in [9.17, 15) is 4.79 Å². The van der Waals surface area contributed by atoms with Crippen LogP contribution in [0.15, 0.2) is 12.4 Å². The predicted molar refractivity (Wildman–Crippen MR) is 87.3 cm³/mol. The number of anilines is 1. The molecule has 4 heterocycles. The van der Waals surface area contributed by atoms with Gasteiger partial charge in [-0.25, -0.2) is 9.97 Å². The van der Waals surface area contributed by atoms with E-state index in [-0.39, 0.29) is 0 Å². The van der Waals surface area contributed by atoms with Crippen molar-refractivity contribution in [3.8, 4) is 0 Å². The molecule has 2 aliphatic heterocycles. The van der Waals surface area contributed by atoms with Crippen LogP contribution < -0.4 is 16.0 Å². The lowest BCUT2D eigenvalue weighted by Crippen LogP contribution is -2.41. The fourth-order valence-corrected chi connectivity index (χ4v) is 4.58. The van der Waals surface area contributed by atoms with E-state index in [0.717, 1.165) is 42.2 Å². The molecule has 1 spiro atoms. The molecule has 2 aliphatic rings. The lowest BCUT2D eigenvalue weighted by atomic mass is 9.78. The number of hydrogen-bond donors (Lipinski definition) is 2. The third kappa shape index (κ3) is 2.24. The summed E-state index contributed by atoms with van der Waals surface area (Å²) in [6, 6.07) is 1.76. The van der Waals surface area contributed by atoms with Crippen molar-refractivity contribution in [3.05, 3.63) is 17.3 Å². The van der Waals surface area contributed by atoms with Crippen molar-refractivity contribution in [1.82, 2.24) is 15.3 Å². The van der Waals surface area contributed by atoms with Crippen molar-refractivity contribution >= 4 is 33.3 Å². The molecular weight excluding hydrogens is 298 g/mol. The Morgan fingerprint density at radius 2 is 2.14 bits per heavy atom.